The Kier molecular flexibility index (Phi) is 8.14. The summed E-state index contributed by atoms with van der Waals surface area (Å²) in [4.78, 5) is 13.0. The molecule has 3 N–H and O–H groups in total. The van der Waals surface area contributed by atoms with Crippen molar-refractivity contribution in [3.8, 4) is 0 Å². The predicted octanol–water partition coefficient (Wildman–Crippen LogP) is 3.03. The lowest BCUT2D eigenvalue weighted by Gasteiger charge is -2.19. The lowest BCUT2D eigenvalue weighted by Crippen LogP contribution is -2.27. The van der Waals surface area contributed by atoms with E-state index in [1.165, 1.54) is 16.7 Å². The second-order valence-corrected chi connectivity index (χ2v) is 10.1. The fraction of sp³-hybridized carbons (Fsp3) is 0.571. The number of hydrogen-bond acceptors (Lipinski definition) is 7. The van der Waals surface area contributed by atoms with Gasteiger partial charge in [0.1, 0.15) is 5.82 Å². The van der Waals surface area contributed by atoms with Crippen LogP contribution in [-0.4, -0.2) is 47.4 Å². The van der Waals surface area contributed by atoms with Crippen molar-refractivity contribution < 1.29 is 13.5 Å². The summed E-state index contributed by atoms with van der Waals surface area (Å²) in [6.07, 6.45) is 2.30. The molecule has 0 amide bonds. The third kappa shape index (κ3) is 7.53. The van der Waals surface area contributed by atoms with Crippen LogP contribution in [0, 0.1) is 19.8 Å². The zero-order chi connectivity index (χ0) is 22.5. The van der Waals surface area contributed by atoms with Crippen LogP contribution in [0.15, 0.2) is 18.2 Å². The Morgan fingerprint density at radius 2 is 1.70 bits per heavy atom. The maximum atomic E-state index is 11.7. The van der Waals surface area contributed by atoms with Crippen molar-refractivity contribution in [3.05, 3.63) is 40.7 Å². The van der Waals surface area contributed by atoms with Crippen molar-refractivity contribution in [2.45, 2.75) is 59.4 Å². The van der Waals surface area contributed by atoms with Crippen molar-refractivity contribution in [1.82, 2.24) is 15.0 Å². The molecule has 0 fully saturated rings. The maximum Gasteiger partial charge on any atom is 0.241 e. The zero-order valence-corrected chi connectivity index (χ0v) is 19.4. The van der Waals surface area contributed by atoms with Crippen molar-refractivity contribution in [2.24, 2.45) is 5.92 Å². The number of nitrogens with zero attached hydrogens (tertiary/aromatic N) is 3. The number of aryl methyl sites for hydroxylation is 2. The van der Waals surface area contributed by atoms with Crippen LogP contribution >= 0.6 is 0 Å². The topological polar surface area (TPSA) is 117 Å². The molecule has 0 aliphatic rings. The van der Waals surface area contributed by atoms with Gasteiger partial charge in [-0.3, -0.25) is 4.72 Å². The van der Waals surface area contributed by atoms with E-state index in [9.17, 15) is 13.5 Å². The van der Waals surface area contributed by atoms with E-state index in [0.29, 0.717) is 18.2 Å². The second-order valence-electron chi connectivity index (χ2n) is 8.38. The number of rotatable bonds is 10. The van der Waals surface area contributed by atoms with E-state index in [1.807, 2.05) is 0 Å². The fourth-order valence-corrected chi connectivity index (χ4v) is 3.60. The highest BCUT2D eigenvalue weighted by Crippen LogP contribution is 2.23. The lowest BCUT2D eigenvalue weighted by atomic mass is 9.94. The first-order chi connectivity index (χ1) is 14.0. The minimum atomic E-state index is -3.53. The van der Waals surface area contributed by atoms with Crippen molar-refractivity contribution in [2.75, 3.05) is 22.9 Å². The van der Waals surface area contributed by atoms with Crippen LogP contribution in [0.3, 0.4) is 0 Å². The van der Waals surface area contributed by atoms with Gasteiger partial charge in [-0.15, -0.1) is 0 Å². The van der Waals surface area contributed by atoms with Crippen molar-refractivity contribution in [3.63, 3.8) is 0 Å². The van der Waals surface area contributed by atoms with Crippen LogP contribution in [0.4, 0.5) is 11.9 Å². The summed E-state index contributed by atoms with van der Waals surface area (Å²) in [5.41, 5.74) is 3.62. The first-order valence-corrected chi connectivity index (χ1v) is 12.0. The summed E-state index contributed by atoms with van der Waals surface area (Å²) in [7, 11) is -3.53. The summed E-state index contributed by atoms with van der Waals surface area (Å²) in [6, 6.07) is 6.10. The smallest absolute Gasteiger partial charge is 0.241 e. The summed E-state index contributed by atoms with van der Waals surface area (Å²) in [5, 5.41) is 12.8. The number of anilines is 2. The minimum absolute atomic E-state index is 0.0291. The molecule has 8 nitrogen and oxygen atoms in total. The summed E-state index contributed by atoms with van der Waals surface area (Å²) in [5.74, 6) is 1.20. The number of nitrogens with one attached hydrogen (secondary N) is 2. The highest BCUT2D eigenvalue weighted by molar-refractivity contribution is 7.91. The highest BCUT2D eigenvalue weighted by atomic mass is 32.2. The molecular weight excluding hydrogens is 402 g/mol. The molecule has 166 valence electrons. The Morgan fingerprint density at radius 1 is 1.03 bits per heavy atom. The first kappa shape index (κ1) is 24.0. The van der Waals surface area contributed by atoms with Gasteiger partial charge in [0.05, 0.1) is 18.9 Å². The van der Waals surface area contributed by atoms with Crippen LogP contribution in [0.1, 0.15) is 55.6 Å². The van der Waals surface area contributed by atoms with Gasteiger partial charge in [-0.1, -0.05) is 39.0 Å². The van der Waals surface area contributed by atoms with Gasteiger partial charge in [-0.05, 0) is 48.8 Å². The van der Waals surface area contributed by atoms with Gasteiger partial charge in [0.25, 0.3) is 0 Å². The second kappa shape index (κ2) is 10.2. The molecule has 9 heteroatoms. The Labute approximate surface area is 179 Å². The zero-order valence-electron chi connectivity index (χ0n) is 18.6. The monoisotopic (exact) mass is 435 g/mol. The molecular formula is C21H33N5O3S. The Balaban J connectivity index is 2.31. The van der Waals surface area contributed by atoms with Gasteiger partial charge >= 0.3 is 0 Å². The molecule has 0 aliphatic carbocycles. The molecule has 1 aromatic heterocycles. The number of aromatic nitrogens is 3. The molecule has 0 saturated carbocycles. The predicted molar refractivity (Wildman–Crippen MR) is 120 cm³/mol. The summed E-state index contributed by atoms with van der Waals surface area (Å²) >= 11 is 0. The number of aliphatic hydroxyl groups is 1. The molecule has 2 rings (SSSR count). The Hall–Kier alpha value is -2.26. The van der Waals surface area contributed by atoms with E-state index in [1.54, 1.807) is 0 Å². The van der Waals surface area contributed by atoms with E-state index in [4.69, 9.17) is 0 Å². The molecule has 0 bridgehead atoms. The lowest BCUT2D eigenvalue weighted by molar-refractivity contribution is 0.259. The van der Waals surface area contributed by atoms with Crippen molar-refractivity contribution >= 4 is 21.9 Å². The van der Waals surface area contributed by atoms with Crippen LogP contribution in [0.25, 0.3) is 0 Å². The minimum Gasteiger partial charge on any atom is -0.394 e. The van der Waals surface area contributed by atoms with Crippen LogP contribution < -0.4 is 10.0 Å². The third-order valence-corrected chi connectivity index (χ3v) is 5.41. The summed E-state index contributed by atoms with van der Waals surface area (Å²) in [6.45, 7) is 10.3. The molecule has 0 radical (unpaired) electrons. The number of sulfonamides is 1. The van der Waals surface area contributed by atoms with Gasteiger partial charge in [0.15, 0.2) is 0 Å². The standard InChI is InChI=1S/C21H33N5O3S/c1-13(2)9-18(12-27)22-20-23-19(24-21(25-20)26-30(6,28)29)11-16(5)17-8-7-14(3)15(4)10-17/h7-8,10,13,16,18,27H,9,11-12H2,1-6H3,(H2,22,23,24,25,26). The fourth-order valence-electron chi connectivity index (χ4n) is 3.18. The molecule has 0 aliphatic heterocycles. The molecule has 30 heavy (non-hydrogen) atoms. The van der Waals surface area contributed by atoms with Gasteiger partial charge in [0.2, 0.25) is 21.9 Å². The van der Waals surface area contributed by atoms with Crippen LogP contribution in [0.2, 0.25) is 0 Å². The summed E-state index contributed by atoms with van der Waals surface area (Å²) < 4.78 is 25.7. The van der Waals surface area contributed by atoms with E-state index in [2.05, 4.69) is 77.8 Å². The molecule has 2 unspecified atom stereocenters. The average Bonchev–Trinajstić information content (AvgIpc) is 2.61. The van der Waals surface area contributed by atoms with E-state index >= 15 is 0 Å². The number of hydrogen-bond donors (Lipinski definition) is 3. The normalized spacial score (nSPS) is 13.9. The van der Waals surface area contributed by atoms with Gasteiger partial charge in [-0.25, -0.2) is 8.42 Å². The molecule has 0 spiro atoms. The largest absolute Gasteiger partial charge is 0.394 e. The van der Waals surface area contributed by atoms with E-state index < -0.39 is 10.0 Å². The third-order valence-electron chi connectivity index (χ3n) is 4.86. The molecule has 2 aromatic rings. The number of aliphatic hydroxyl groups excluding tert-OH is 1. The van der Waals surface area contributed by atoms with Crippen molar-refractivity contribution in [1.29, 1.82) is 0 Å². The van der Waals surface area contributed by atoms with E-state index in [-0.39, 0.29) is 30.5 Å². The Bertz CT molecular complexity index is 963. The van der Waals surface area contributed by atoms with Gasteiger partial charge in [0, 0.05) is 6.42 Å². The maximum absolute atomic E-state index is 11.7. The number of benzene rings is 1. The Morgan fingerprint density at radius 3 is 2.27 bits per heavy atom. The van der Waals surface area contributed by atoms with E-state index in [0.717, 1.165) is 12.7 Å². The molecule has 1 aromatic carbocycles. The van der Waals surface area contributed by atoms with Gasteiger partial charge < -0.3 is 10.4 Å². The molecule has 0 saturated heterocycles. The van der Waals surface area contributed by atoms with Crippen LogP contribution in [0.5, 0.6) is 0 Å². The van der Waals surface area contributed by atoms with Gasteiger partial charge in [-0.2, -0.15) is 15.0 Å². The first-order valence-electron chi connectivity index (χ1n) is 10.1. The van der Waals surface area contributed by atoms with Crippen LogP contribution in [-0.2, 0) is 16.4 Å². The quantitative estimate of drug-likeness (QED) is 0.525. The average molecular weight is 436 g/mol. The highest BCUT2D eigenvalue weighted by Gasteiger charge is 2.17. The molecule has 1 heterocycles. The SMILES string of the molecule is Cc1ccc(C(C)Cc2nc(NC(CO)CC(C)C)nc(NS(C)(=O)=O)n2)cc1C. The molecule has 2 atom stereocenters.